The van der Waals surface area contributed by atoms with E-state index >= 15 is 0 Å². The molecule has 4 rings (SSSR count). The van der Waals surface area contributed by atoms with E-state index < -0.39 is 18.2 Å². The normalized spacial score (nSPS) is 22.0. The van der Waals surface area contributed by atoms with Crippen LogP contribution in [0.2, 0.25) is 5.02 Å². The highest BCUT2D eigenvalue weighted by molar-refractivity contribution is 6.30. The van der Waals surface area contributed by atoms with Crippen LogP contribution in [-0.4, -0.2) is 11.0 Å². The highest BCUT2D eigenvalue weighted by Gasteiger charge is 2.53. The fraction of sp³-hybridized carbons (Fsp3) is 0.143. The van der Waals surface area contributed by atoms with Crippen molar-refractivity contribution in [3.63, 3.8) is 0 Å². The van der Waals surface area contributed by atoms with Crippen molar-refractivity contribution < 1.29 is 9.76 Å². The van der Waals surface area contributed by atoms with Crippen LogP contribution in [0, 0.1) is 10.1 Å². The predicted octanol–water partition coefficient (Wildman–Crippen LogP) is 5.22. The molecule has 0 bridgehead atoms. The van der Waals surface area contributed by atoms with Crippen molar-refractivity contribution in [1.82, 2.24) is 0 Å². The Bertz CT molecular complexity index is 919. The van der Waals surface area contributed by atoms with E-state index in [0.717, 1.165) is 16.8 Å². The zero-order valence-corrected chi connectivity index (χ0v) is 15.1. The molecule has 1 heterocycles. The topological polar surface area (TPSA) is 55.6 Å². The summed E-state index contributed by atoms with van der Waals surface area (Å²) in [6.45, 7) is 0. The maximum atomic E-state index is 12.1. The molecule has 0 N–H and O–H groups in total. The van der Waals surface area contributed by atoms with Crippen LogP contribution in [-0.2, 0) is 4.84 Å². The Morgan fingerprint density at radius 2 is 1.44 bits per heavy atom. The largest absolute Gasteiger partial charge is 0.272 e. The molecular weight excluding hydrogens is 364 g/mol. The first-order chi connectivity index (χ1) is 13.1. The average molecular weight is 381 g/mol. The van der Waals surface area contributed by atoms with Crippen LogP contribution >= 0.6 is 11.6 Å². The number of benzene rings is 3. The molecule has 0 aromatic heterocycles. The molecule has 0 saturated carbocycles. The highest BCUT2D eigenvalue weighted by atomic mass is 35.5. The van der Waals surface area contributed by atoms with Gasteiger partial charge in [-0.05, 0) is 35.4 Å². The molecule has 0 spiro atoms. The molecule has 5 nitrogen and oxygen atoms in total. The van der Waals surface area contributed by atoms with Gasteiger partial charge in [0.25, 0.3) is 6.04 Å². The second-order valence-electron chi connectivity index (χ2n) is 6.37. The third-order valence-corrected chi connectivity index (χ3v) is 4.96. The van der Waals surface area contributed by atoms with Gasteiger partial charge in [0.2, 0.25) is 0 Å². The first-order valence-corrected chi connectivity index (χ1v) is 8.98. The fourth-order valence-corrected chi connectivity index (χ4v) is 3.60. The lowest BCUT2D eigenvalue weighted by Crippen LogP contribution is -2.32. The molecule has 0 amide bonds. The number of hydroxylamine groups is 1. The van der Waals surface area contributed by atoms with Gasteiger partial charge in [-0.3, -0.25) is 15.0 Å². The number of anilines is 1. The fourth-order valence-electron chi connectivity index (χ4n) is 3.47. The second kappa shape index (κ2) is 7.39. The number of para-hydroxylation sites is 1. The van der Waals surface area contributed by atoms with Crippen LogP contribution in [0.4, 0.5) is 5.69 Å². The van der Waals surface area contributed by atoms with E-state index in [2.05, 4.69) is 0 Å². The minimum Gasteiger partial charge on any atom is -0.264 e. The summed E-state index contributed by atoms with van der Waals surface area (Å²) in [6, 6.07) is 24.3. The van der Waals surface area contributed by atoms with E-state index in [1.54, 1.807) is 17.2 Å². The van der Waals surface area contributed by atoms with E-state index in [-0.39, 0.29) is 4.92 Å². The Kier molecular flexibility index (Phi) is 4.79. The zero-order chi connectivity index (χ0) is 18.8. The number of hydrogen-bond donors (Lipinski definition) is 0. The SMILES string of the molecule is O=[N+]([O-])[C@@H]1[C@@H](c2ccccc2)ON(c2ccccc2)[C@H]1c1ccc(Cl)cc1. The summed E-state index contributed by atoms with van der Waals surface area (Å²) < 4.78 is 0. The van der Waals surface area contributed by atoms with Crippen molar-refractivity contribution in [2.45, 2.75) is 18.2 Å². The highest BCUT2D eigenvalue weighted by Crippen LogP contribution is 2.45. The van der Waals surface area contributed by atoms with E-state index in [1.165, 1.54) is 0 Å². The lowest BCUT2D eigenvalue weighted by atomic mass is 9.93. The second-order valence-corrected chi connectivity index (χ2v) is 6.81. The molecule has 1 fully saturated rings. The van der Waals surface area contributed by atoms with Crippen LogP contribution in [0.1, 0.15) is 23.3 Å². The van der Waals surface area contributed by atoms with E-state index in [4.69, 9.17) is 16.4 Å². The van der Waals surface area contributed by atoms with Gasteiger partial charge in [0, 0.05) is 9.95 Å². The minimum atomic E-state index is -0.964. The summed E-state index contributed by atoms with van der Waals surface area (Å²) in [5, 5.41) is 14.3. The molecule has 3 aromatic carbocycles. The molecule has 27 heavy (non-hydrogen) atoms. The van der Waals surface area contributed by atoms with Gasteiger partial charge in [0.05, 0.1) is 5.69 Å². The van der Waals surface area contributed by atoms with Crippen molar-refractivity contribution >= 4 is 17.3 Å². The minimum absolute atomic E-state index is 0.250. The third kappa shape index (κ3) is 3.39. The quantitative estimate of drug-likeness (QED) is 0.460. The van der Waals surface area contributed by atoms with Crippen molar-refractivity contribution in [3.8, 4) is 0 Å². The average Bonchev–Trinajstić information content (AvgIpc) is 3.11. The molecule has 1 saturated heterocycles. The zero-order valence-electron chi connectivity index (χ0n) is 14.3. The molecule has 1 aliphatic heterocycles. The van der Waals surface area contributed by atoms with Crippen molar-refractivity contribution in [1.29, 1.82) is 0 Å². The number of nitro groups is 1. The van der Waals surface area contributed by atoms with E-state index in [0.29, 0.717) is 5.02 Å². The maximum absolute atomic E-state index is 12.1. The molecule has 6 heteroatoms. The molecule has 0 radical (unpaired) electrons. The first kappa shape index (κ1) is 17.5. The smallest absolute Gasteiger partial charge is 0.264 e. The number of halogens is 1. The Morgan fingerprint density at radius 1 is 0.852 bits per heavy atom. The van der Waals surface area contributed by atoms with Gasteiger partial charge in [-0.1, -0.05) is 72.3 Å². The number of hydrogen-bond acceptors (Lipinski definition) is 4. The third-order valence-electron chi connectivity index (χ3n) is 4.71. The van der Waals surface area contributed by atoms with Gasteiger partial charge in [-0.25, -0.2) is 5.06 Å². The van der Waals surface area contributed by atoms with E-state index in [1.807, 2.05) is 72.8 Å². The lowest BCUT2D eigenvalue weighted by molar-refractivity contribution is -0.531. The van der Waals surface area contributed by atoms with Crippen molar-refractivity contribution in [3.05, 3.63) is 111 Å². The summed E-state index contributed by atoms with van der Waals surface area (Å²) in [5.74, 6) is 0. The van der Waals surface area contributed by atoms with Gasteiger partial charge >= 0.3 is 0 Å². The number of nitrogens with zero attached hydrogens (tertiary/aromatic N) is 2. The maximum Gasteiger partial charge on any atom is 0.272 e. The first-order valence-electron chi connectivity index (χ1n) is 8.60. The van der Waals surface area contributed by atoms with Crippen LogP contribution in [0.15, 0.2) is 84.9 Å². The Balaban J connectivity index is 1.83. The molecule has 3 aromatic rings. The van der Waals surface area contributed by atoms with Gasteiger partial charge in [0.1, 0.15) is 0 Å². The summed E-state index contributed by atoms with van der Waals surface area (Å²) >= 11 is 6.02. The van der Waals surface area contributed by atoms with Crippen molar-refractivity contribution in [2.75, 3.05) is 5.06 Å². The summed E-state index contributed by atoms with van der Waals surface area (Å²) in [7, 11) is 0. The van der Waals surface area contributed by atoms with Gasteiger partial charge in [-0.2, -0.15) is 0 Å². The Hall–Kier alpha value is -2.89. The molecule has 0 aliphatic carbocycles. The molecule has 0 unspecified atom stereocenters. The standard InChI is InChI=1S/C21H17ClN2O3/c22-17-13-11-15(12-14-17)19-20(24(25)26)21(16-7-3-1-4-8-16)27-23(19)18-9-5-2-6-10-18/h1-14,19-21H/t19-,20-,21+/m0/s1. The van der Waals surface area contributed by atoms with Gasteiger partial charge < -0.3 is 0 Å². The molecular formula is C21H17ClN2O3. The summed E-state index contributed by atoms with van der Waals surface area (Å²) in [6.07, 6.45) is -0.693. The monoisotopic (exact) mass is 380 g/mol. The molecule has 136 valence electrons. The number of rotatable bonds is 4. The van der Waals surface area contributed by atoms with E-state index in [9.17, 15) is 10.1 Å². The van der Waals surface area contributed by atoms with Crippen LogP contribution < -0.4 is 5.06 Å². The van der Waals surface area contributed by atoms with Gasteiger partial charge in [-0.15, -0.1) is 0 Å². The van der Waals surface area contributed by atoms with Crippen molar-refractivity contribution in [2.24, 2.45) is 0 Å². The Labute approximate surface area is 161 Å². The van der Waals surface area contributed by atoms with Crippen LogP contribution in [0.3, 0.4) is 0 Å². The van der Waals surface area contributed by atoms with Crippen LogP contribution in [0.5, 0.6) is 0 Å². The molecule has 3 atom stereocenters. The lowest BCUT2D eigenvalue weighted by Gasteiger charge is -2.24. The predicted molar refractivity (Wildman–Crippen MR) is 104 cm³/mol. The van der Waals surface area contributed by atoms with Gasteiger partial charge in [0.15, 0.2) is 12.1 Å². The molecule has 1 aliphatic rings. The van der Waals surface area contributed by atoms with Crippen LogP contribution in [0.25, 0.3) is 0 Å². The summed E-state index contributed by atoms with van der Waals surface area (Å²) in [5.41, 5.74) is 2.32. The Morgan fingerprint density at radius 3 is 2.04 bits per heavy atom. The summed E-state index contributed by atoms with van der Waals surface area (Å²) in [4.78, 5) is 18.0.